The van der Waals surface area contributed by atoms with Gasteiger partial charge in [0.25, 0.3) is 11.8 Å². The van der Waals surface area contributed by atoms with Gasteiger partial charge in [0.05, 0.1) is 17.8 Å². The SMILES string of the molecule is Cc1c(C)c(C)c(C(=O)OCC(=O)N2C[C@@H](C(N)=O)Oc3ccccc32)c(C)c1C. The van der Waals surface area contributed by atoms with Gasteiger partial charge >= 0.3 is 5.97 Å². The number of anilines is 1. The molecule has 0 spiro atoms. The number of primary amides is 1. The second kappa shape index (κ2) is 8.18. The fourth-order valence-corrected chi connectivity index (χ4v) is 3.70. The highest BCUT2D eigenvalue weighted by atomic mass is 16.5. The van der Waals surface area contributed by atoms with E-state index in [1.807, 2.05) is 34.6 Å². The number of nitrogens with zero attached hydrogens (tertiary/aromatic N) is 1. The van der Waals surface area contributed by atoms with Crippen molar-refractivity contribution in [1.29, 1.82) is 0 Å². The lowest BCUT2D eigenvalue weighted by molar-refractivity contribution is -0.126. The summed E-state index contributed by atoms with van der Waals surface area (Å²) in [5, 5.41) is 0. The lowest BCUT2D eigenvalue weighted by Gasteiger charge is -2.33. The third-order valence-electron chi connectivity index (χ3n) is 5.92. The number of ether oxygens (including phenoxy) is 2. The molecule has 0 aromatic heterocycles. The zero-order chi connectivity index (χ0) is 22.2. The van der Waals surface area contributed by atoms with Crippen molar-refractivity contribution in [3.05, 3.63) is 57.6 Å². The van der Waals surface area contributed by atoms with Crippen molar-refractivity contribution < 1.29 is 23.9 Å². The standard InChI is InChI=1S/C23H26N2O5/c1-12-13(2)15(4)21(16(5)14(12)3)23(28)29-11-20(26)25-10-19(22(24)27)30-18-9-7-6-8-17(18)25/h6-9,19H,10-11H2,1-5H3,(H2,24,27)/t19-/m0/s1. The van der Waals surface area contributed by atoms with Crippen molar-refractivity contribution in [1.82, 2.24) is 0 Å². The van der Waals surface area contributed by atoms with Crippen LogP contribution in [-0.2, 0) is 14.3 Å². The second-order valence-corrected chi connectivity index (χ2v) is 7.56. The van der Waals surface area contributed by atoms with Crippen LogP contribution in [0.15, 0.2) is 24.3 Å². The quantitative estimate of drug-likeness (QED) is 0.782. The lowest BCUT2D eigenvalue weighted by atomic mass is 9.90. The van der Waals surface area contributed by atoms with E-state index in [2.05, 4.69) is 0 Å². The number of fused-ring (bicyclic) bond motifs is 1. The first-order valence-electron chi connectivity index (χ1n) is 9.72. The zero-order valence-corrected chi connectivity index (χ0v) is 17.9. The van der Waals surface area contributed by atoms with Crippen molar-refractivity contribution in [2.75, 3.05) is 18.1 Å². The number of benzene rings is 2. The minimum Gasteiger partial charge on any atom is -0.477 e. The number of hydrogen-bond acceptors (Lipinski definition) is 5. The van der Waals surface area contributed by atoms with E-state index in [9.17, 15) is 14.4 Å². The highest BCUT2D eigenvalue weighted by Gasteiger charge is 2.33. The number of para-hydroxylation sites is 2. The molecule has 1 heterocycles. The van der Waals surface area contributed by atoms with Crippen molar-refractivity contribution in [3.63, 3.8) is 0 Å². The Kier molecular flexibility index (Phi) is 5.82. The van der Waals surface area contributed by atoms with E-state index in [4.69, 9.17) is 15.2 Å². The Morgan fingerprint density at radius 3 is 2.17 bits per heavy atom. The lowest BCUT2D eigenvalue weighted by Crippen LogP contribution is -2.50. The number of rotatable bonds is 4. The van der Waals surface area contributed by atoms with Crippen LogP contribution in [0, 0.1) is 34.6 Å². The van der Waals surface area contributed by atoms with E-state index in [0.717, 1.165) is 27.8 Å². The Labute approximate surface area is 175 Å². The van der Waals surface area contributed by atoms with E-state index in [-0.39, 0.29) is 6.54 Å². The molecule has 0 bridgehead atoms. The van der Waals surface area contributed by atoms with E-state index < -0.39 is 30.5 Å². The summed E-state index contributed by atoms with van der Waals surface area (Å²) in [7, 11) is 0. The summed E-state index contributed by atoms with van der Waals surface area (Å²) in [6.45, 7) is 9.22. The van der Waals surface area contributed by atoms with Crippen LogP contribution in [0.4, 0.5) is 5.69 Å². The van der Waals surface area contributed by atoms with Crippen LogP contribution in [-0.4, -0.2) is 37.0 Å². The molecule has 0 saturated heterocycles. The molecule has 0 radical (unpaired) electrons. The highest BCUT2D eigenvalue weighted by molar-refractivity contribution is 6.00. The van der Waals surface area contributed by atoms with E-state index in [1.165, 1.54) is 4.90 Å². The van der Waals surface area contributed by atoms with Gasteiger partial charge in [-0.2, -0.15) is 0 Å². The van der Waals surface area contributed by atoms with Gasteiger partial charge in [-0.3, -0.25) is 9.59 Å². The first-order chi connectivity index (χ1) is 14.1. The smallest absolute Gasteiger partial charge is 0.339 e. The van der Waals surface area contributed by atoms with Crippen LogP contribution in [0.2, 0.25) is 0 Å². The van der Waals surface area contributed by atoms with Crippen molar-refractivity contribution in [2.45, 2.75) is 40.7 Å². The number of nitrogens with two attached hydrogens (primary N) is 1. The first-order valence-corrected chi connectivity index (χ1v) is 9.72. The molecule has 0 unspecified atom stereocenters. The molecule has 2 N–H and O–H groups in total. The van der Waals surface area contributed by atoms with Gasteiger partial charge in [0.1, 0.15) is 5.75 Å². The Hall–Kier alpha value is -3.35. The summed E-state index contributed by atoms with van der Waals surface area (Å²) in [6, 6.07) is 6.84. The van der Waals surface area contributed by atoms with Gasteiger partial charge in [-0.15, -0.1) is 0 Å². The van der Waals surface area contributed by atoms with Gasteiger partial charge in [-0.1, -0.05) is 12.1 Å². The second-order valence-electron chi connectivity index (χ2n) is 7.56. The number of carbonyl (C=O) groups is 3. The van der Waals surface area contributed by atoms with Gasteiger partial charge < -0.3 is 20.1 Å². The predicted molar refractivity (Wildman–Crippen MR) is 113 cm³/mol. The molecule has 7 nitrogen and oxygen atoms in total. The summed E-state index contributed by atoms with van der Waals surface area (Å²) in [5.41, 5.74) is 11.3. The number of esters is 1. The summed E-state index contributed by atoms with van der Waals surface area (Å²) in [4.78, 5) is 38.7. The Morgan fingerprint density at radius 1 is 1.00 bits per heavy atom. The van der Waals surface area contributed by atoms with Crippen molar-refractivity contribution in [3.8, 4) is 5.75 Å². The summed E-state index contributed by atoms with van der Waals surface area (Å²) >= 11 is 0. The minimum atomic E-state index is -0.966. The fourth-order valence-electron chi connectivity index (χ4n) is 3.70. The predicted octanol–water partition coefficient (Wildman–Crippen LogP) is 2.67. The maximum absolute atomic E-state index is 12.9. The van der Waals surface area contributed by atoms with Crippen LogP contribution in [0.5, 0.6) is 5.75 Å². The van der Waals surface area contributed by atoms with Crippen LogP contribution >= 0.6 is 0 Å². The molecule has 158 valence electrons. The number of hydrogen-bond donors (Lipinski definition) is 1. The maximum Gasteiger partial charge on any atom is 0.339 e. The third-order valence-corrected chi connectivity index (χ3v) is 5.92. The van der Waals surface area contributed by atoms with Gasteiger partial charge in [0.15, 0.2) is 12.7 Å². The summed E-state index contributed by atoms with van der Waals surface area (Å²) < 4.78 is 10.9. The largest absolute Gasteiger partial charge is 0.477 e. The zero-order valence-electron chi connectivity index (χ0n) is 17.9. The highest BCUT2D eigenvalue weighted by Crippen LogP contribution is 2.33. The monoisotopic (exact) mass is 410 g/mol. The summed E-state index contributed by atoms with van der Waals surface area (Å²) in [5.74, 6) is -1.29. The van der Waals surface area contributed by atoms with Crippen LogP contribution in [0.1, 0.15) is 38.2 Å². The average molecular weight is 410 g/mol. The maximum atomic E-state index is 12.9. The molecule has 2 amide bonds. The molecule has 0 aliphatic carbocycles. The molecule has 1 atom stereocenters. The van der Waals surface area contributed by atoms with Gasteiger partial charge in [0.2, 0.25) is 0 Å². The van der Waals surface area contributed by atoms with E-state index >= 15 is 0 Å². The van der Waals surface area contributed by atoms with Gasteiger partial charge in [-0.05, 0) is 74.6 Å². The Bertz CT molecular complexity index is 1020. The van der Waals surface area contributed by atoms with Crippen LogP contribution < -0.4 is 15.4 Å². The van der Waals surface area contributed by atoms with Crippen molar-refractivity contribution >= 4 is 23.5 Å². The topological polar surface area (TPSA) is 98.9 Å². The van der Waals surface area contributed by atoms with Gasteiger partial charge in [0, 0.05) is 0 Å². The molecular weight excluding hydrogens is 384 g/mol. The Balaban J connectivity index is 1.81. The van der Waals surface area contributed by atoms with Crippen molar-refractivity contribution in [2.24, 2.45) is 5.73 Å². The van der Waals surface area contributed by atoms with E-state index in [1.54, 1.807) is 24.3 Å². The molecule has 1 aliphatic heterocycles. The minimum absolute atomic E-state index is 0.0382. The fraction of sp³-hybridized carbons (Fsp3) is 0.348. The number of amides is 2. The van der Waals surface area contributed by atoms with Crippen LogP contribution in [0.25, 0.3) is 0 Å². The van der Waals surface area contributed by atoms with E-state index in [0.29, 0.717) is 17.0 Å². The van der Waals surface area contributed by atoms with Crippen LogP contribution in [0.3, 0.4) is 0 Å². The molecule has 0 fully saturated rings. The molecule has 2 aromatic rings. The third kappa shape index (κ3) is 3.75. The summed E-state index contributed by atoms with van der Waals surface area (Å²) in [6.07, 6.45) is -0.966. The molecule has 2 aromatic carbocycles. The molecule has 7 heteroatoms. The van der Waals surface area contributed by atoms with Gasteiger partial charge in [-0.25, -0.2) is 4.79 Å². The first kappa shape index (κ1) is 21.4. The molecular formula is C23H26N2O5. The molecule has 1 aliphatic rings. The Morgan fingerprint density at radius 2 is 1.57 bits per heavy atom. The normalized spacial score (nSPS) is 15.2. The molecule has 0 saturated carbocycles. The molecule has 3 rings (SSSR count). The number of carbonyl (C=O) groups excluding carboxylic acids is 3. The molecule has 30 heavy (non-hydrogen) atoms. The average Bonchev–Trinajstić information content (AvgIpc) is 2.73.